The molecule has 0 bridgehead atoms. The van der Waals surface area contributed by atoms with Gasteiger partial charge in [0.1, 0.15) is 0 Å². The van der Waals surface area contributed by atoms with Crippen molar-refractivity contribution >= 4 is 22.8 Å². The maximum atomic E-state index is 12.7. The number of carbonyl (C=O) groups excluding carboxylic acids is 2. The summed E-state index contributed by atoms with van der Waals surface area (Å²) in [4.78, 5) is 30.5. The fourth-order valence-corrected chi connectivity index (χ4v) is 3.72. The smallest absolute Gasteiger partial charge is 0.307 e. The minimum Gasteiger partial charge on any atom is -0.469 e. The molecule has 3 heterocycles. The lowest BCUT2D eigenvalue weighted by atomic mass is 9.97. The summed E-state index contributed by atoms with van der Waals surface area (Å²) in [5.41, 5.74) is 3.23. The van der Waals surface area contributed by atoms with Crippen molar-refractivity contribution in [3.63, 3.8) is 0 Å². The molecule has 126 valence electrons. The number of ether oxygens (including phenoxy) is 1. The van der Waals surface area contributed by atoms with Crippen LogP contribution in [0.4, 0.5) is 0 Å². The van der Waals surface area contributed by atoms with Crippen molar-refractivity contribution in [1.82, 2.24) is 14.8 Å². The number of carbonyl (C=O) groups is 2. The number of fused-ring (bicyclic) bond motifs is 4. The van der Waals surface area contributed by atoms with Crippen molar-refractivity contribution in [3.8, 4) is 0 Å². The summed E-state index contributed by atoms with van der Waals surface area (Å²) in [6.45, 7) is 0.644. The van der Waals surface area contributed by atoms with Crippen LogP contribution in [0.1, 0.15) is 17.7 Å². The van der Waals surface area contributed by atoms with Crippen molar-refractivity contribution in [2.75, 3.05) is 13.7 Å². The SMILES string of the molecule is COC(=O)CCN1C(=O)C2Cc3c([nH]c4ccccc34)CN2C1O. The quantitative estimate of drug-likeness (QED) is 0.805. The zero-order chi connectivity index (χ0) is 16.8. The lowest BCUT2D eigenvalue weighted by Gasteiger charge is -2.29. The monoisotopic (exact) mass is 329 g/mol. The second-order valence-electron chi connectivity index (χ2n) is 6.22. The maximum absolute atomic E-state index is 12.7. The summed E-state index contributed by atoms with van der Waals surface area (Å²) < 4.78 is 4.61. The van der Waals surface area contributed by atoms with Crippen LogP contribution in [-0.4, -0.2) is 57.8 Å². The number of para-hydroxylation sites is 1. The second kappa shape index (κ2) is 5.61. The number of aromatic amines is 1. The number of amides is 1. The molecule has 0 spiro atoms. The van der Waals surface area contributed by atoms with Crippen LogP contribution in [-0.2, 0) is 27.3 Å². The van der Waals surface area contributed by atoms with Crippen LogP contribution in [0.3, 0.4) is 0 Å². The second-order valence-corrected chi connectivity index (χ2v) is 6.22. The normalized spacial score (nSPS) is 23.4. The molecule has 4 rings (SSSR count). The van der Waals surface area contributed by atoms with Crippen LogP contribution in [0.15, 0.2) is 24.3 Å². The van der Waals surface area contributed by atoms with Crippen molar-refractivity contribution < 1.29 is 19.4 Å². The number of nitrogens with one attached hydrogen (secondary N) is 1. The van der Waals surface area contributed by atoms with E-state index in [9.17, 15) is 14.7 Å². The van der Waals surface area contributed by atoms with Gasteiger partial charge in [-0.3, -0.25) is 9.59 Å². The van der Waals surface area contributed by atoms with Crippen LogP contribution in [0, 0.1) is 0 Å². The number of aromatic nitrogens is 1. The predicted octanol–water partition coefficient (Wildman–Crippen LogP) is 0.576. The highest BCUT2D eigenvalue weighted by atomic mass is 16.5. The first-order valence-corrected chi connectivity index (χ1v) is 7.99. The Labute approximate surface area is 138 Å². The van der Waals surface area contributed by atoms with Gasteiger partial charge in [-0.2, -0.15) is 0 Å². The number of rotatable bonds is 3. The summed E-state index contributed by atoms with van der Waals surface area (Å²) in [6, 6.07) is 7.63. The molecular formula is C17H19N3O4. The van der Waals surface area contributed by atoms with Crippen LogP contribution < -0.4 is 0 Å². The predicted molar refractivity (Wildman–Crippen MR) is 85.7 cm³/mol. The molecule has 1 amide bonds. The minimum absolute atomic E-state index is 0.0775. The molecule has 2 unspecified atom stereocenters. The number of esters is 1. The van der Waals surface area contributed by atoms with E-state index >= 15 is 0 Å². The number of hydrogen-bond donors (Lipinski definition) is 2. The Hall–Kier alpha value is -2.38. The maximum Gasteiger partial charge on any atom is 0.307 e. The zero-order valence-electron chi connectivity index (χ0n) is 13.4. The zero-order valence-corrected chi connectivity index (χ0v) is 13.4. The molecule has 0 saturated carbocycles. The molecule has 7 heteroatoms. The van der Waals surface area contributed by atoms with Gasteiger partial charge < -0.3 is 19.7 Å². The van der Waals surface area contributed by atoms with Gasteiger partial charge in [0.25, 0.3) is 0 Å². The molecule has 2 aromatic rings. The molecule has 0 radical (unpaired) electrons. The van der Waals surface area contributed by atoms with Crippen molar-refractivity contribution in [2.24, 2.45) is 0 Å². The summed E-state index contributed by atoms with van der Waals surface area (Å²) >= 11 is 0. The van der Waals surface area contributed by atoms with Gasteiger partial charge in [-0.25, -0.2) is 4.90 Å². The lowest BCUT2D eigenvalue weighted by molar-refractivity contribution is -0.144. The summed E-state index contributed by atoms with van der Waals surface area (Å²) in [5.74, 6) is -0.529. The third-order valence-corrected chi connectivity index (χ3v) is 4.97. The van der Waals surface area contributed by atoms with E-state index in [2.05, 4.69) is 9.72 Å². The lowest BCUT2D eigenvalue weighted by Crippen LogP contribution is -2.43. The molecule has 0 aliphatic carbocycles. The summed E-state index contributed by atoms with van der Waals surface area (Å²) in [7, 11) is 1.31. The van der Waals surface area contributed by atoms with Gasteiger partial charge >= 0.3 is 5.97 Å². The van der Waals surface area contributed by atoms with E-state index in [0.29, 0.717) is 13.0 Å². The van der Waals surface area contributed by atoms with E-state index in [-0.39, 0.29) is 24.9 Å². The van der Waals surface area contributed by atoms with E-state index in [1.807, 2.05) is 24.3 Å². The standard InChI is InChI=1S/C17H19N3O4/c1-24-15(21)6-7-19-16(22)14-8-11-10-4-2-3-5-12(10)18-13(11)9-20(14)17(19)23/h2-5,14,17-18,23H,6-9H2,1H3. The molecule has 2 aliphatic heterocycles. The fourth-order valence-electron chi connectivity index (χ4n) is 3.72. The van der Waals surface area contributed by atoms with Gasteiger partial charge in [0.05, 0.1) is 19.6 Å². The molecule has 24 heavy (non-hydrogen) atoms. The van der Waals surface area contributed by atoms with Gasteiger partial charge in [0.15, 0.2) is 6.35 Å². The fraction of sp³-hybridized carbons (Fsp3) is 0.412. The van der Waals surface area contributed by atoms with Gasteiger partial charge in [-0.1, -0.05) is 18.2 Å². The molecule has 2 aliphatic rings. The Balaban J connectivity index is 1.60. The van der Waals surface area contributed by atoms with Crippen LogP contribution in [0.2, 0.25) is 0 Å². The highest BCUT2D eigenvalue weighted by molar-refractivity contribution is 5.89. The highest BCUT2D eigenvalue weighted by Crippen LogP contribution is 2.35. The van der Waals surface area contributed by atoms with E-state index in [1.54, 1.807) is 4.90 Å². The number of hydrogen-bond acceptors (Lipinski definition) is 5. The minimum atomic E-state index is -1.01. The molecule has 7 nitrogen and oxygen atoms in total. The average Bonchev–Trinajstić information content (AvgIpc) is 3.07. The molecule has 1 aromatic carbocycles. The average molecular weight is 329 g/mol. The number of aliphatic hydroxyl groups is 1. The molecule has 1 fully saturated rings. The van der Waals surface area contributed by atoms with Gasteiger partial charge in [-0.15, -0.1) is 0 Å². The van der Waals surface area contributed by atoms with Crippen LogP contribution >= 0.6 is 0 Å². The molecule has 2 atom stereocenters. The van der Waals surface area contributed by atoms with Crippen LogP contribution in [0.25, 0.3) is 10.9 Å². The van der Waals surface area contributed by atoms with Gasteiger partial charge in [0.2, 0.25) is 5.91 Å². The van der Waals surface area contributed by atoms with E-state index in [1.165, 1.54) is 12.0 Å². The molecule has 1 saturated heterocycles. The van der Waals surface area contributed by atoms with Gasteiger partial charge in [-0.05, 0) is 18.1 Å². The van der Waals surface area contributed by atoms with Crippen LogP contribution in [0.5, 0.6) is 0 Å². The topological polar surface area (TPSA) is 85.9 Å². The first-order valence-electron chi connectivity index (χ1n) is 7.99. The number of benzene rings is 1. The van der Waals surface area contributed by atoms with Gasteiger partial charge in [0, 0.05) is 29.7 Å². The highest BCUT2D eigenvalue weighted by Gasteiger charge is 2.47. The van der Waals surface area contributed by atoms with Crippen molar-refractivity contribution in [3.05, 3.63) is 35.5 Å². The Morgan fingerprint density at radius 3 is 3.00 bits per heavy atom. The molecule has 2 N–H and O–H groups in total. The third-order valence-electron chi connectivity index (χ3n) is 4.97. The number of aliphatic hydroxyl groups excluding tert-OH is 1. The molecular weight excluding hydrogens is 310 g/mol. The summed E-state index contributed by atoms with van der Waals surface area (Å²) in [5, 5.41) is 11.6. The Morgan fingerprint density at radius 2 is 2.21 bits per heavy atom. The first-order chi connectivity index (χ1) is 11.6. The number of methoxy groups -OCH3 is 1. The summed E-state index contributed by atoms with van der Waals surface area (Å²) in [6.07, 6.45) is -0.371. The molecule has 1 aromatic heterocycles. The third kappa shape index (κ3) is 2.20. The van der Waals surface area contributed by atoms with Crippen molar-refractivity contribution in [2.45, 2.75) is 31.8 Å². The Morgan fingerprint density at radius 1 is 1.42 bits per heavy atom. The van der Waals surface area contributed by atoms with Crippen molar-refractivity contribution in [1.29, 1.82) is 0 Å². The number of nitrogens with zero attached hydrogens (tertiary/aromatic N) is 2. The van der Waals surface area contributed by atoms with E-state index < -0.39 is 12.3 Å². The first kappa shape index (κ1) is 15.2. The largest absolute Gasteiger partial charge is 0.469 e. The van der Waals surface area contributed by atoms with E-state index in [4.69, 9.17) is 0 Å². The number of H-pyrrole nitrogens is 1. The Kier molecular flexibility index (Phi) is 3.54. The van der Waals surface area contributed by atoms with E-state index in [0.717, 1.165) is 22.2 Å². The Bertz CT molecular complexity index is 815.